The molecule has 0 radical (unpaired) electrons. The highest BCUT2D eigenvalue weighted by Gasteiger charge is 2.23. The first-order chi connectivity index (χ1) is 11.7. The summed E-state index contributed by atoms with van der Waals surface area (Å²) in [6.07, 6.45) is 3.42. The van der Waals surface area contributed by atoms with Gasteiger partial charge in [0.1, 0.15) is 0 Å². The van der Waals surface area contributed by atoms with Gasteiger partial charge in [0, 0.05) is 33.5 Å². The SMILES string of the molecule is CCN1CCC=C(C2=Nc3ccccc3Sc3ccc(Cl)cc32)C1. The van der Waals surface area contributed by atoms with Crippen molar-refractivity contribution in [1.82, 2.24) is 4.90 Å². The molecule has 2 nitrogen and oxygen atoms in total. The van der Waals surface area contributed by atoms with Crippen molar-refractivity contribution in [3.05, 3.63) is 64.7 Å². The van der Waals surface area contributed by atoms with Gasteiger partial charge >= 0.3 is 0 Å². The summed E-state index contributed by atoms with van der Waals surface area (Å²) in [5.74, 6) is 0. The molecule has 2 aliphatic heterocycles. The number of hydrogen-bond acceptors (Lipinski definition) is 3. The van der Waals surface area contributed by atoms with Crippen LogP contribution in [-0.2, 0) is 0 Å². The zero-order valence-corrected chi connectivity index (χ0v) is 15.2. The maximum Gasteiger partial charge on any atom is 0.0776 e. The van der Waals surface area contributed by atoms with E-state index in [9.17, 15) is 0 Å². The molecule has 0 unspecified atom stereocenters. The van der Waals surface area contributed by atoms with Crippen LogP contribution in [0, 0.1) is 0 Å². The van der Waals surface area contributed by atoms with E-state index in [0.29, 0.717) is 0 Å². The number of nitrogens with zero attached hydrogens (tertiary/aromatic N) is 2. The minimum absolute atomic E-state index is 0.761. The number of hydrogen-bond donors (Lipinski definition) is 0. The first kappa shape index (κ1) is 15.9. The first-order valence-corrected chi connectivity index (χ1v) is 9.51. The smallest absolute Gasteiger partial charge is 0.0776 e. The van der Waals surface area contributed by atoms with Crippen LogP contribution < -0.4 is 0 Å². The average molecular weight is 355 g/mol. The Labute approximate surface area is 152 Å². The standard InChI is InChI=1S/C20H19ClN2S/c1-2-23-11-5-6-14(13-23)20-16-12-15(21)9-10-18(16)24-19-8-4-3-7-17(19)22-20/h3-4,6-10,12H,2,5,11,13H2,1H3. The van der Waals surface area contributed by atoms with Crippen molar-refractivity contribution in [1.29, 1.82) is 0 Å². The Morgan fingerprint density at radius 2 is 2.04 bits per heavy atom. The fraction of sp³-hybridized carbons (Fsp3) is 0.250. The normalized spacial score (nSPS) is 17.4. The molecule has 4 heteroatoms. The molecule has 0 aliphatic carbocycles. The van der Waals surface area contributed by atoms with Gasteiger partial charge in [-0.05, 0) is 48.9 Å². The summed E-state index contributed by atoms with van der Waals surface area (Å²) in [5, 5.41) is 0.761. The third-order valence-corrected chi connectivity index (χ3v) is 5.87. The summed E-state index contributed by atoms with van der Waals surface area (Å²) in [5.41, 5.74) is 4.57. The van der Waals surface area contributed by atoms with Crippen molar-refractivity contribution < 1.29 is 0 Å². The number of benzene rings is 2. The number of likely N-dealkylation sites (N-methyl/N-ethyl adjacent to an activating group) is 1. The minimum atomic E-state index is 0.761. The Kier molecular flexibility index (Phi) is 4.49. The average Bonchev–Trinajstić information content (AvgIpc) is 2.78. The molecule has 4 rings (SSSR count). The van der Waals surface area contributed by atoms with Crippen molar-refractivity contribution >= 4 is 34.8 Å². The van der Waals surface area contributed by atoms with Crippen molar-refractivity contribution in [3.8, 4) is 0 Å². The summed E-state index contributed by atoms with van der Waals surface area (Å²) in [6, 6.07) is 14.5. The van der Waals surface area contributed by atoms with Gasteiger partial charge in [0.15, 0.2) is 0 Å². The summed E-state index contributed by atoms with van der Waals surface area (Å²) < 4.78 is 0. The van der Waals surface area contributed by atoms with E-state index in [0.717, 1.165) is 48.0 Å². The molecule has 2 aromatic carbocycles. The second-order valence-electron chi connectivity index (χ2n) is 6.06. The van der Waals surface area contributed by atoms with Gasteiger partial charge in [0.2, 0.25) is 0 Å². The fourth-order valence-corrected chi connectivity index (χ4v) is 4.38. The maximum absolute atomic E-state index is 6.31. The van der Waals surface area contributed by atoms with Crippen LogP contribution in [0.1, 0.15) is 18.9 Å². The summed E-state index contributed by atoms with van der Waals surface area (Å²) in [4.78, 5) is 9.93. The van der Waals surface area contributed by atoms with E-state index < -0.39 is 0 Å². The molecule has 122 valence electrons. The zero-order valence-electron chi connectivity index (χ0n) is 13.6. The molecule has 0 fully saturated rings. The lowest BCUT2D eigenvalue weighted by Crippen LogP contribution is -2.32. The van der Waals surface area contributed by atoms with Gasteiger partial charge in [-0.1, -0.05) is 48.5 Å². The van der Waals surface area contributed by atoms with Crippen LogP contribution in [0.5, 0.6) is 0 Å². The lowest BCUT2D eigenvalue weighted by Gasteiger charge is -2.26. The number of fused-ring (bicyclic) bond motifs is 2. The van der Waals surface area contributed by atoms with Gasteiger partial charge in [0.25, 0.3) is 0 Å². The van der Waals surface area contributed by atoms with Crippen LogP contribution in [0.4, 0.5) is 5.69 Å². The van der Waals surface area contributed by atoms with Crippen molar-refractivity contribution in [2.75, 3.05) is 19.6 Å². The molecule has 0 spiro atoms. The molecule has 0 atom stereocenters. The predicted octanol–water partition coefficient (Wildman–Crippen LogP) is 5.58. The van der Waals surface area contributed by atoms with E-state index in [-0.39, 0.29) is 0 Å². The van der Waals surface area contributed by atoms with Gasteiger partial charge in [0.05, 0.1) is 11.4 Å². The summed E-state index contributed by atoms with van der Waals surface area (Å²) >= 11 is 8.08. The fourth-order valence-electron chi connectivity index (χ4n) is 3.20. The lowest BCUT2D eigenvalue weighted by molar-refractivity contribution is 0.311. The Morgan fingerprint density at radius 3 is 2.92 bits per heavy atom. The quantitative estimate of drug-likeness (QED) is 0.699. The molecule has 2 heterocycles. The number of aliphatic imine (C=N–C) groups is 1. The molecule has 0 saturated carbocycles. The topological polar surface area (TPSA) is 15.6 Å². The van der Waals surface area contributed by atoms with E-state index in [1.807, 2.05) is 6.07 Å². The highest BCUT2D eigenvalue weighted by molar-refractivity contribution is 7.99. The monoisotopic (exact) mass is 354 g/mol. The summed E-state index contributed by atoms with van der Waals surface area (Å²) in [6.45, 7) is 5.36. The Morgan fingerprint density at radius 1 is 1.17 bits per heavy atom. The number of rotatable bonds is 2. The second kappa shape index (κ2) is 6.75. The van der Waals surface area contributed by atoms with Gasteiger partial charge in [-0.25, -0.2) is 4.99 Å². The van der Waals surface area contributed by atoms with E-state index in [2.05, 4.69) is 54.3 Å². The molecular weight excluding hydrogens is 336 g/mol. The Hall–Kier alpha value is -1.55. The molecule has 0 bridgehead atoms. The predicted molar refractivity (Wildman–Crippen MR) is 103 cm³/mol. The molecule has 2 aromatic rings. The second-order valence-corrected chi connectivity index (χ2v) is 7.58. The van der Waals surface area contributed by atoms with Gasteiger partial charge < -0.3 is 0 Å². The number of para-hydroxylation sites is 1. The van der Waals surface area contributed by atoms with Crippen LogP contribution in [0.3, 0.4) is 0 Å². The lowest BCUT2D eigenvalue weighted by atomic mass is 9.98. The molecule has 0 aromatic heterocycles. The molecule has 0 saturated heterocycles. The van der Waals surface area contributed by atoms with Crippen molar-refractivity contribution in [2.45, 2.75) is 23.1 Å². The molecule has 2 aliphatic rings. The van der Waals surface area contributed by atoms with Crippen molar-refractivity contribution in [2.24, 2.45) is 4.99 Å². The maximum atomic E-state index is 6.31. The van der Waals surface area contributed by atoms with Crippen molar-refractivity contribution in [3.63, 3.8) is 0 Å². The van der Waals surface area contributed by atoms with Gasteiger partial charge in [-0.2, -0.15) is 0 Å². The third kappa shape index (κ3) is 3.04. The molecule has 0 amide bonds. The van der Waals surface area contributed by atoms with E-state index in [1.165, 1.54) is 15.4 Å². The highest BCUT2D eigenvalue weighted by atomic mass is 35.5. The van der Waals surface area contributed by atoms with Crippen LogP contribution in [-0.4, -0.2) is 30.2 Å². The molecular formula is C20H19ClN2S. The van der Waals surface area contributed by atoms with Gasteiger partial charge in [-0.15, -0.1) is 0 Å². The van der Waals surface area contributed by atoms with Gasteiger partial charge in [-0.3, -0.25) is 4.90 Å². The van der Waals surface area contributed by atoms with E-state index in [1.54, 1.807) is 11.8 Å². The van der Waals surface area contributed by atoms with Crippen LogP contribution >= 0.6 is 23.4 Å². The minimum Gasteiger partial charge on any atom is -0.299 e. The largest absolute Gasteiger partial charge is 0.299 e. The third-order valence-electron chi connectivity index (χ3n) is 4.50. The molecule has 0 N–H and O–H groups in total. The highest BCUT2D eigenvalue weighted by Crippen LogP contribution is 2.42. The Bertz CT molecular complexity index is 841. The first-order valence-electron chi connectivity index (χ1n) is 8.32. The van der Waals surface area contributed by atoms with E-state index in [4.69, 9.17) is 16.6 Å². The number of halogens is 1. The van der Waals surface area contributed by atoms with Crippen LogP contribution in [0.15, 0.2) is 68.9 Å². The zero-order chi connectivity index (χ0) is 16.5. The van der Waals surface area contributed by atoms with E-state index >= 15 is 0 Å². The molecule has 24 heavy (non-hydrogen) atoms. The summed E-state index contributed by atoms with van der Waals surface area (Å²) in [7, 11) is 0. The van der Waals surface area contributed by atoms with Crippen LogP contribution in [0.25, 0.3) is 0 Å². The Balaban J connectivity index is 1.88. The van der Waals surface area contributed by atoms with Crippen LogP contribution in [0.2, 0.25) is 5.02 Å².